The highest BCUT2D eigenvalue weighted by Gasteiger charge is 2.22. The second kappa shape index (κ2) is 10.4. The molecule has 2 heterocycles. The van der Waals surface area contributed by atoms with Gasteiger partial charge < -0.3 is 15.1 Å². The number of nitrogens with one attached hydrogen (secondary N) is 1. The molecule has 0 aliphatic carbocycles. The van der Waals surface area contributed by atoms with E-state index in [2.05, 4.69) is 53.6 Å². The number of hydrogen-bond acceptors (Lipinski definition) is 3. The number of amides is 1. The van der Waals surface area contributed by atoms with Gasteiger partial charge in [-0.15, -0.1) is 11.3 Å². The highest BCUT2D eigenvalue weighted by Crippen LogP contribution is 2.17. The number of aliphatic imine (C=N–C) groups is 1. The van der Waals surface area contributed by atoms with Crippen molar-refractivity contribution in [1.82, 2.24) is 15.1 Å². The van der Waals surface area contributed by atoms with Crippen LogP contribution in [0.1, 0.15) is 44.4 Å². The second-order valence-corrected chi connectivity index (χ2v) is 7.70. The predicted octanol–water partition coefficient (Wildman–Crippen LogP) is 2.98. The van der Waals surface area contributed by atoms with Crippen molar-refractivity contribution in [3.8, 4) is 0 Å². The number of likely N-dealkylation sites (tertiary alicyclic amines) is 1. The minimum Gasteiger partial charge on any atom is -0.357 e. The lowest BCUT2D eigenvalue weighted by molar-refractivity contribution is -0.134. The molecule has 1 aliphatic rings. The lowest BCUT2D eigenvalue weighted by atomic mass is 10.0. The van der Waals surface area contributed by atoms with Gasteiger partial charge in [-0.05, 0) is 51.0 Å². The van der Waals surface area contributed by atoms with E-state index in [0.717, 1.165) is 44.9 Å². The third-order valence-corrected chi connectivity index (χ3v) is 5.62. The summed E-state index contributed by atoms with van der Waals surface area (Å²) in [5, 5.41) is 5.44. The Morgan fingerprint density at radius 3 is 3.00 bits per heavy atom. The van der Waals surface area contributed by atoms with E-state index >= 15 is 0 Å². The van der Waals surface area contributed by atoms with E-state index in [4.69, 9.17) is 0 Å². The Labute approximate surface area is 156 Å². The van der Waals surface area contributed by atoms with Crippen LogP contribution < -0.4 is 5.32 Å². The van der Waals surface area contributed by atoms with Gasteiger partial charge in [0.2, 0.25) is 5.91 Å². The fraction of sp³-hybridized carbons (Fsp3) is 0.684. The van der Waals surface area contributed by atoms with Crippen LogP contribution in [0.4, 0.5) is 0 Å². The van der Waals surface area contributed by atoms with Gasteiger partial charge in [-0.2, -0.15) is 0 Å². The summed E-state index contributed by atoms with van der Waals surface area (Å²) in [7, 11) is 2.06. The molecule has 1 aliphatic heterocycles. The van der Waals surface area contributed by atoms with Gasteiger partial charge in [0.05, 0.1) is 6.54 Å². The monoisotopic (exact) mass is 364 g/mol. The summed E-state index contributed by atoms with van der Waals surface area (Å²) in [6, 6.07) is 4.64. The summed E-state index contributed by atoms with van der Waals surface area (Å²) in [6.07, 6.45) is 5.01. The minimum absolute atomic E-state index is 0.244. The Hall–Kier alpha value is -1.56. The number of nitrogens with zero attached hydrogens (tertiary/aromatic N) is 3. The number of thiophene rings is 1. The number of likely N-dealkylation sites (N-methyl/N-ethyl adjacent to an activating group) is 1. The van der Waals surface area contributed by atoms with Crippen LogP contribution in [0.3, 0.4) is 0 Å². The number of piperidine rings is 1. The Balaban J connectivity index is 1.82. The fourth-order valence-electron chi connectivity index (χ4n) is 3.18. The van der Waals surface area contributed by atoms with E-state index in [1.165, 1.54) is 11.3 Å². The number of guanidine groups is 1. The van der Waals surface area contributed by atoms with Crippen molar-refractivity contribution < 1.29 is 4.79 Å². The molecular formula is C19H32N4OS. The van der Waals surface area contributed by atoms with Gasteiger partial charge >= 0.3 is 0 Å². The van der Waals surface area contributed by atoms with Crippen molar-refractivity contribution in [3.05, 3.63) is 22.4 Å². The standard InChI is InChI=1S/C19H32N4OS/c1-4-20-19(22(3)14-11-17-9-7-15-25-17)21-12-10-18(24)23-13-6-5-8-16(23)2/h7,9,15-16H,4-6,8,10-14H2,1-3H3,(H,20,21). The molecule has 0 spiro atoms. The molecule has 140 valence electrons. The highest BCUT2D eigenvalue weighted by molar-refractivity contribution is 7.09. The molecule has 1 unspecified atom stereocenters. The smallest absolute Gasteiger partial charge is 0.224 e. The first-order valence-corrected chi connectivity index (χ1v) is 10.3. The summed E-state index contributed by atoms with van der Waals surface area (Å²) in [4.78, 5) is 22.7. The molecule has 1 N–H and O–H groups in total. The normalized spacial score (nSPS) is 18.3. The van der Waals surface area contributed by atoms with Crippen LogP contribution in [-0.2, 0) is 11.2 Å². The maximum atomic E-state index is 12.4. The molecule has 1 saturated heterocycles. The zero-order valence-corrected chi connectivity index (χ0v) is 16.6. The largest absolute Gasteiger partial charge is 0.357 e. The highest BCUT2D eigenvalue weighted by atomic mass is 32.1. The molecule has 1 atom stereocenters. The van der Waals surface area contributed by atoms with E-state index in [1.54, 1.807) is 11.3 Å². The first kappa shape index (κ1) is 19.8. The van der Waals surface area contributed by atoms with Crippen molar-refractivity contribution in [3.63, 3.8) is 0 Å². The molecule has 5 nitrogen and oxygen atoms in total. The van der Waals surface area contributed by atoms with Gasteiger partial charge in [0.15, 0.2) is 5.96 Å². The van der Waals surface area contributed by atoms with Crippen LogP contribution in [0.15, 0.2) is 22.5 Å². The van der Waals surface area contributed by atoms with Gasteiger partial charge in [0.1, 0.15) is 0 Å². The summed E-state index contributed by atoms with van der Waals surface area (Å²) in [5.41, 5.74) is 0. The summed E-state index contributed by atoms with van der Waals surface area (Å²) >= 11 is 1.79. The van der Waals surface area contributed by atoms with Crippen LogP contribution in [-0.4, -0.2) is 60.9 Å². The van der Waals surface area contributed by atoms with Crippen molar-refractivity contribution in [2.24, 2.45) is 4.99 Å². The van der Waals surface area contributed by atoms with Gasteiger partial charge in [0.25, 0.3) is 0 Å². The number of carbonyl (C=O) groups excluding carboxylic acids is 1. The predicted molar refractivity (Wildman–Crippen MR) is 106 cm³/mol. The first-order chi connectivity index (χ1) is 12.1. The molecule has 1 fully saturated rings. The van der Waals surface area contributed by atoms with E-state index < -0.39 is 0 Å². The zero-order chi connectivity index (χ0) is 18.1. The maximum Gasteiger partial charge on any atom is 0.224 e. The lowest BCUT2D eigenvalue weighted by Gasteiger charge is -2.33. The molecule has 2 rings (SSSR count). The molecule has 0 radical (unpaired) electrons. The van der Waals surface area contributed by atoms with Gasteiger partial charge in [-0.25, -0.2) is 0 Å². The third-order valence-electron chi connectivity index (χ3n) is 4.68. The van der Waals surface area contributed by atoms with Gasteiger partial charge in [-0.1, -0.05) is 6.07 Å². The molecule has 6 heteroatoms. The molecule has 1 amide bonds. The average Bonchev–Trinajstić information content (AvgIpc) is 3.12. The van der Waals surface area contributed by atoms with Crippen LogP contribution in [0.25, 0.3) is 0 Å². The topological polar surface area (TPSA) is 47.9 Å². The summed E-state index contributed by atoms with van der Waals surface area (Å²) in [6.45, 7) is 7.44. The number of carbonyl (C=O) groups is 1. The van der Waals surface area contributed by atoms with Gasteiger partial charge in [0, 0.05) is 44.0 Å². The van der Waals surface area contributed by atoms with E-state index in [9.17, 15) is 4.79 Å². The Morgan fingerprint density at radius 1 is 1.48 bits per heavy atom. The van der Waals surface area contributed by atoms with Crippen LogP contribution in [0.5, 0.6) is 0 Å². The molecule has 1 aromatic heterocycles. The van der Waals surface area contributed by atoms with E-state index in [0.29, 0.717) is 19.0 Å². The third kappa shape index (κ3) is 6.34. The number of rotatable bonds is 7. The summed E-state index contributed by atoms with van der Waals surface area (Å²) in [5.74, 6) is 1.13. The first-order valence-electron chi connectivity index (χ1n) is 9.43. The summed E-state index contributed by atoms with van der Waals surface area (Å²) < 4.78 is 0. The molecule has 0 bridgehead atoms. The number of hydrogen-bond donors (Lipinski definition) is 1. The van der Waals surface area contributed by atoms with E-state index in [-0.39, 0.29) is 5.91 Å². The molecule has 1 aromatic rings. The van der Waals surface area contributed by atoms with Crippen molar-refractivity contribution in [2.45, 2.75) is 52.0 Å². The molecule has 0 saturated carbocycles. The Morgan fingerprint density at radius 2 is 2.32 bits per heavy atom. The fourth-order valence-corrected chi connectivity index (χ4v) is 3.88. The van der Waals surface area contributed by atoms with Gasteiger partial charge in [-0.3, -0.25) is 9.79 Å². The van der Waals surface area contributed by atoms with Crippen LogP contribution in [0.2, 0.25) is 0 Å². The molecule has 25 heavy (non-hydrogen) atoms. The Bertz CT molecular complexity index is 544. The lowest BCUT2D eigenvalue weighted by Crippen LogP contribution is -2.42. The van der Waals surface area contributed by atoms with Crippen LogP contribution in [0, 0.1) is 0 Å². The van der Waals surface area contributed by atoms with Crippen molar-refractivity contribution >= 4 is 23.2 Å². The molecular weight excluding hydrogens is 332 g/mol. The van der Waals surface area contributed by atoms with E-state index in [1.807, 2.05) is 4.90 Å². The average molecular weight is 365 g/mol. The zero-order valence-electron chi connectivity index (χ0n) is 15.8. The van der Waals surface area contributed by atoms with Crippen molar-refractivity contribution in [1.29, 1.82) is 0 Å². The molecule has 0 aromatic carbocycles. The van der Waals surface area contributed by atoms with Crippen LogP contribution >= 0.6 is 11.3 Å². The maximum absolute atomic E-state index is 12.4. The Kier molecular flexibility index (Phi) is 8.25. The quantitative estimate of drug-likeness (QED) is 0.598. The second-order valence-electron chi connectivity index (χ2n) is 6.67. The SMILES string of the molecule is CCNC(=NCCC(=O)N1CCCCC1C)N(C)CCc1cccs1. The van der Waals surface area contributed by atoms with Crippen molar-refractivity contribution in [2.75, 3.05) is 33.2 Å². The minimum atomic E-state index is 0.244.